The molecule has 2 aromatic rings. The van der Waals surface area contributed by atoms with Crippen LogP contribution in [0.1, 0.15) is 24.0 Å². The van der Waals surface area contributed by atoms with E-state index in [1.54, 1.807) is 28.0 Å². The Morgan fingerprint density at radius 1 is 1.00 bits per heavy atom. The van der Waals surface area contributed by atoms with Gasteiger partial charge in [-0.3, -0.25) is 4.79 Å². The van der Waals surface area contributed by atoms with Crippen molar-refractivity contribution in [3.8, 4) is 0 Å². The molecule has 182 valence electrons. The summed E-state index contributed by atoms with van der Waals surface area (Å²) in [6.45, 7) is 1.39. The van der Waals surface area contributed by atoms with Gasteiger partial charge in [-0.15, -0.1) is 0 Å². The zero-order chi connectivity index (χ0) is 24.3. The van der Waals surface area contributed by atoms with E-state index >= 15 is 0 Å². The summed E-state index contributed by atoms with van der Waals surface area (Å²) in [5.41, 5.74) is 1.28. The average molecular weight is 558 g/mol. The Balaban J connectivity index is 1.35. The molecule has 5 rings (SSSR count). The van der Waals surface area contributed by atoms with Gasteiger partial charge in [0.2, 0.25) is 15.9 Å². The molecule has 34 heavy (non-hydrogen) atoms. The number of halogens is 4. The van der Waals surface area contributed by atoms with Crippen molar-refractivity contribution in [1.82, 2.24) is 4.31 Å². The second kappa shape index (κ2) is 8.53. The standard InChI is InChI=1S/C23H23BrF3N3O3S/c24-19-12-16-6-7-30(22(31)15-4-5-15)20(16)14-21(19)34(32,33)29-10-8-28(9-11-29)18-3-1-2-17(13-18)23(25,26)27/h1-3,12-15H,4-11H2. The Kier molecular flexibility index (Phi) is 5.92. The summed E-state index contributed by atoms with van der Waals surface area (Å²) < 4.78 is 68.0. The van der Waals surface area contributed by atoms with Gasteiger partial charge in [-0.25, -0.2) is 8.42 Å². The molecule has 1 amide bonds. The van der Waals surface area contributed by atoms with Gasteiger partial charge in [-0.1, -0.05) is 6.07 Å². The molecule has 2 fully saturated rings. The number of benzene rings is 2. The first-order chi connectivity index (χ1) is 16.1. The highest BCUT2D eigenvalue weighted by molar-refractivity contribution is 9.10. The second-order valence-electron chi connectivity index (χ2n) is 8.86. The number of alkyl halides is 3. The lowest BCUT2D eigenvalue weighted by Gasteiger charge is -2.35. The van der Waals surface area contributed by atoms with Crippen molar-refractivity contribution in [3.05, 3.63) is 52.0 Å². The number of sulfonamides is 1. The Bertz CT molecular complexity index is 1240. The number of hydrogen-bond donors (Lipinski definition) is 0. The Morgan fingerprint density at radius 2 is 1.71 bits per heavy atom. The molecule has 0 aromatic heterocycles. The number of amides is 1. The van der Waals surface area contributed by atoms with Crippen LogP contribution in [0.4, 0.5) is 24.5 Å². The first kappa shape index (κ1) is 23.6. The van der Waals surface area contributed by atoms with Crippen molar-refractivity contribution in [1.29, 1.82) is 0 Å². The molecule has 0 bridgehead atoms. The molecule has 0 unspecified atom stereocenters. The van der Waals surface area contributed by atoms with Gasteiger partial charge < -0.3 is 9.80 Å². The Labute approximate surface area is 204 Å². The maximum absolute atomic E-state index is 13.5. The van der Waals surface area contributed by atoms with Crippen LogP contribution in [0.3, 0.4) is 0 Å². The zero-order valence-electron chi connectivity index (χ0n) is 18.2. The fraction of sp³-hybridized carbons (Fsp3) is 0.435. The lowest BCUT2D eigenvalue weighted by molar-refractivity contribution is -0.137. The monoisotopic (exact) mass is 557 g/mol. The topological polar surface area (TPSA) is 60.9 Å². The molecule has 1 aliphatic carbocycles. The molecule has 0 atom stereocenters. The van der Waals surface area contributed by atoms with E-state index in [0.29, 0.717) is 28.8 Å². The van der Waals surface area contributed by atoms with E-state index in [4.69, 9.17) is 0 Å². The van der Waals surface area contributed by atoms with Gasteiger partial charge in [0.05, 0.1) is 10.5 Å². The van der Waals surface area contributed by atoms with E-state index < -0.39 is 21.8 Å². The smallest absolute Gasteiger partial charge is 0.369 e. The summed E-state index contributed by atoms with van der Waals surface area (Å²) in [5, 5.41) is 0. The van der Waals surface area contributed by atoms with Crippen molar-refractivity contribution in [2.45, 2.75) is 30.3 Å². The van der Waals surface area contributed by atoms with E-state index in [0.717, 1.165) is 30.5 Å². The van der Waals surface area contributed by atoms with Crippen LogP contribution in [0, 0.1) is 5.92 Å². The molecule has 1 saturated heterocycles. The molecule has 2 aromatic carbocycles. The lowest BCUT2D eigenvalue weighted by atomic mass is 10.1. The highest BCUT2D eigenvalue weighted by atomic mass is 79.9. The Hall–Kier alpha value is -2.11. The quantitative estimate of drug-likeness (QED) is 0.563. The third-order valence-corrected chi connectivity index (χ3v) is 9.47. The third-order valence-electron chi connectivity index (χ3n) is 6.62. The largest absolute Gasteiger partial charge is 0.416 e. The molecular weight excluding hydrogens is 535 g/mol. The Morgan fingerprint density at radius 3 is 2.35 bits per heavy atom. The summed E-state index contributed by atoms with van der Waals surface area (Å²) >= 11 is 3.40. The summed E-state index contributed by atoms with van der Waals surface area (Å²) in [6.07, 6.45) is -2.00. The van der Waals surface area contributed by atoms with Gasteiger partial charge in [-0.2, -0.15) is 17.5 Å². The number of carbonyl (C=O) groups is 1. The molecule has 11 heteroatoms. The molecule has 2 heterocycles. The minimum Gasteiger partial charge on any atom is -0.369 e. The van der Waals surface area contributed by atoms with Crippen LogP contribution < -0.4 is 9.80 Å². The molecule has 0 N–H and O–H groups in total. The van der Waals surface area contributed by atoms with E-state index in [2.05, 4.69) is 15.9 Å². The van der Waals surface area contributed by atoms with Crippen molar-refractivity contribution in [3.63, 3.8) is 0 Å². The van der Waals surface area contributed by atoms with Crippen LogP contribution in [0.5, 0.6) is 0 Å². The highest BCUT2D eigenvalue weighted by Gasteiger charge is 2.38. The van der Waals surface area contributed by atoms with Crippen LogP contribution >= 0.6 is 15.9 Å². The molecule has 0 radical (unpaired) electrons. The molecule has 0 spiro atoms. The van der Waals surface area contributed by atoms with Crippen molar-refractivity contribution >= 4 is 43.2 Å². The maximum atomic E-state index is 13.5. The number of nitrogens with zero attached hydrogens (tertiary/aromatic N) is 3. The fourth-order valence-corrected chi connectivity index (χ4v) is 7.06. The number of piperazine rings is 1. The van der Waals surface area contributed by atoms with Crippen LogP contribution in [0.25, 0.3) is 0 Å². The highest BCUT2D eigenvalue weighted by Crippen LogP contribution is 2.40. The number of carbonyl (C=O) groups excluding carboxylic acids is 1. The second-order valence-corrected chi connectivity index (χ2v) is 11.6. The van der Waals surface area contributed by atoms with Crippen LogP contribution in [0.2, 0.25) is 0 Å². The van der Waals surface area contributed by atoms with Crippen LogP contribution in [-0.2, 0) is 27.4 Å². The first-order valence-electron chi connectivity index (χ1n) is 11.1. The number of hydrogen-bond acceptors (Lipinski definition) is 4. The van der Waals surface area contributed by atoms with E-state index in [1.807, 2.05) is 0 Å². The molecule has 3 aliphatic rings. The van der Waals surface area contributed by atoms with Crippen LogP contribution in [0.15, 0.2) is 45.8 Å². The SMILES string of the molecule is O=C(C1CC1)N1CCc2cc(Br)c(S(=O)(=O)N3CCN(c4cccc(C(F)(F)F)c4)CC3)cc21. The van der Waals surface area contributed by atoms with Gasteiger partial charge in [0.1, 0.15) is 0 Å². The summed E-state index contributed by atoms with van der Waals surface area (Å²) in [5.74, 6) is 0.0951. The number of fused-ring (bicyclic) bond motifs is 1. The van der Waals surface area contributed by atoms with E-state index in [1.165, 1.54) is 10.4 Å². The molecule has 6 nitrogen and oxygen atoms in total. The predicted octanol–water partition coefficient (Wildman–Crippen LogP) is 4.28. The van der Waals surface area contributed by atoms with Crippen molar-refractivity contribution < 1.29 is 26.4 Å². The fourth-order valence-electron chi connectivity index (χ4n) is 4.57. The predicted molar refractivity (Wildman–Crippen MR) is 125 cm³/mol. The van der Waals surface area contributed by atoms with Gasteiger partial charge in [0.25, 0.3) is 0 Å². The minimum atomic E-state index is -4.43. The first-order valence-corrected chi connectivity index (χ1v) is 13.3. The van der Waals surface area contributed by atoms with E-state index in [-0.39, 0.29) is 42.9 Å². The van der Waals surface area contributed by atoms with E-state index in [9.17, 15) is 26.4 Å². The maximum Gasteiger partial charge on any atom is 0.416 e. The zero-order valence-corrected chi connectivity index (χ0v) is 20.6. The summed E-state index contributed by atoms with van der Waals surface area (Å²) in [7, 11) is -3.86. The van der Waals surface area contributed by atoms with Crippen molar-refractivity contribution in [2.75, 3.05) is 42.5 Å². The normalized spacial score (nSPS) is 19.4. The minimum absolute atomic E-state index is 0.0404. The summed E-state index contributed by atoms with van der Waals surface area (Å²) in [6, 6.07) is 8.43. The molecular formula is C23H23BrF3N3O3S. The molecule has 1 saturated carbocycles. The summed E-state index contributed by atoms with van der Waals surface area (Å²) in [4.78, 5) is 16.2. The third kappa shape index (κ3) is 4.33. The average Bonchev–Trinajstić information content (AvgIpc) is 3.58. The number of anilines is 2. The molecule has 2 aliphatic heterocycles. The number of rotatable bonds is 4. The van der Waals surface area contributed by atoms with Gasteiger partial charge in [-0.05, 0) is 71.1 Å². The van der Waals surface area contributed by atoms with Gasteiger partial charge in [0.15, 0.2) is 0 Å². The van der Waals surface area contributed by atoms with Gasteiger partial charge in [0, 0.05) is 54.5 Å². The lowest BCUT2D eigenvalue weighted by Crippen LogP contribution is -2.48. The van der Waals surface area contributed by atoms with Gasteiger partial charge >= 0.3 is 6.18 Å². The van der Waals surface area contributed by atoms with Crippen molar-refractivity contribution in [2.24, 2.45) is 5.92 Å². The van der Waals surface area contributed by atoms with Crippen LogP contribution in [-0.4, -0.2) is 51.4 Å².